The molecule has 0 aromatic heterocycles. The SMILES string of the molecule is [N-]=[N+]=N[C@H]1CN[C@H](C(=O)O)C1. The van der Waals surface area contributed by atoms with Crippen LogP contribution in [-0.4, -0.2) is 29.7 Å². The Bertz CT molecular complexity index is 203. The molecule has 1 fully saturated rings. The molecule has 0 amide bonds. The van der Waals surface area contributed by atoms with Crippen LogP contribution in [0.2, 0.25) is 0 Å². The van der Waals surface area contributed by atoms with E-state index in [0.29, 0.717) is 13.0 Å². The smallest absolute Gasteiger partial charge is 0.320 e. The fraction of sp³-hybridized carbons (Fsp3) is 0.800. The Balaban J connectivity index is 2.46. The molecule has 1 rings (SSSR count). The maximum Gasteiger partial charge on any atom is 0.320 e. The van der Waals surface area contributed by atoms with Crippen LogP contribution >= 0.6 is 0 Å². The third-order valence-corrected chi connectivity index (χ3v) is 1.62. The molecule has 0 spiro atoms. The second kappa shape index (κ2) is 3.23. The molecule has 1 heterocycles. The molecule has 2 N–H and O–H groups in total. The molecule has 6 nitrogen and oxygen atoms in total. The van der Waals surface area contributed by atoms with E-state index in [2.05, 4.69) is 15.3 Å². The first kappa shape index (κ1) is 7.84. The molecular formula is C5H8N4O2. The van der Waals surface area contributed by atoms with Crippen molar-refractivity contribution in [3.05, 3.63) is 10.4 Å². The van der Waals surface area contributed by atoms with E-state index in [0.717, 1.165) is 0 Å². The third kappa shape index (κ3) is 1.83. The zero-order valence-corrected chi connectivity index (χ0v) is 5.77. The van der Waals surface area contributed by atoms with Crippen LogP contribution in [0.4, 0.5) is 0 Å². The van der Waals surface area contributed by atoms with Gasteiger partial charge in [0.15, 0.2) is 0 Å². The third-order valence-electron chi connectivity index (χ3n) is 1.62. The number of carbonyl (C=O) groups is 1. The minimum atomic E-state index is -0.888. The molecule has 1 aliphatic heterocycles. The molecule has 1 saturated heterocycles. The van der Waals surface area contributed by atoms with Crippen molar-refractivity contribution < 1.29 is 9.90 Å². The van der Waals surface area contributed by atoms with Gasteiger partial charge in [0.2, 0.25) is 0 Å². The summed E-state index contributed by atoms with van der Waals surface area (Å²) in [6.07, 6.45) is 0.388. The van der Waals surface area contributed by atoms with Crippen LogP contribution in [-0.2, 0) is 4.79 Å². The van der Waals surface area contributed by atoms with E-state index >= 15 is 0 Å². The Morgan fingerprint density at radius 1 is 1.82 bits per heavy atom. The van der Waals surface area contributed by atoms with E-state index in [1.54, 1.807) is 0 Å². The first-order valence-electron chi connectivity index (χ1n) is 3.24. The molecule has 0 unspecified atom stereocenters. The van der Waals surface area contributed by atoms with Gasteiger partial charge in [-0.15, -0.1) is 0 Å². The number of rotatable bonds is 2. The summed E-state index contributed by atoms with van der Waals surface area (Å²) < 4.78 is 0. The van der Waals surface area contributed by atoms with E-state index in [-0.39, 0.29) is 6.04 Å². The minimum Gasteiger partial charge on any atom is -0.480 e. The van der Waals surface area contributed by atoms with E-state index in [9.17, 15) is 4.79 Å². The highest BCUT2D eigenvalue weighted by Crippen LogP contribution is 2.09. The summed E-state index contributed by atoms with van der Waals surface area (Å²) in [6.45, 7) is 0.459. The minimum absolute atomic E-state index is 0.207. The largest absolute Gasteiger partial charge is 0.480 e. The van der Waals surface area contributed by atoms with Gasteiger partial charge in [-0.1, -0.05) is 5.11 Å². The summed E-state index contributed by atoms with van der Waals surface area (Å²) in [5.41, 5.74) is 8.03. The number of hydrogen-bond acceptors (Lipinski definition) is 3. The lowest BCUT2D eigenvalue weighted by atomic mass is 10.2. The lowest BCUT2D eigenvalue weighted by Crippen LogP contribution is -2.29. The first-order chi connectivity index (χ1) is 5.24. The molecule has 0 radical (unpaired) electrons. The highest BCUT2D eigenvalue weighted by molar-refractivity contribution is 5.73. The molecule has 11 heavy (non-hydrogen) atoms. The number of nitrogens with zero attached hydrogens (tertiary/aromatic N) is 3. The molecule has 0 aromatic rings. The zero-order valence-electron chi connectivity index (χ0n) is 5.77. The number of azide groups is 1. The Kier molecular flexibility index (Phi) is 2.30. The van der Waals surface area contributed by atoms with Gasteiger partial charge in [0, 0.05) is 11.5 Å². The molecule has 0 bridgehead atoms. The van der Waals surface area contributed by atoms with Crippen molar-refractivity contribution in [3.63, 3.8) is 0 Å². The zero-order chi connectivity index (χ0) is 8.27. The highest BCUT2D eigenvalue weighted by Gasteiger charge is 2.27. The molecule has 2 atom stereocenters. The second-order valence-corrected chi connectivity index (χ2v) is 2.39. The highest BCUT2D eigenvalue weighted by atomic mass is 16.4. The van der Waals surface area contributed by atoms with Crippen LogP contribution in [0, 0.1) is 0 Å². The van der Waals surface area contributed by atoms with Gasteiger partial charge >= 0.3 is 5.97 Å². The molecule has 1 aliphatic rings. The van der Waals surface area contributed by atoms with Gasteiger partial charge in [0.05, 0.1) is 6.04 Å². The van der Waals surface area contributed by atoms with Crippen molar-refractivity contribution in [3.8, 4) is 0 Å². The lowest BCUT2D eigenvalue weighted by Gasteiger charge is -2.00. The summed E-state index contributed by atoms with van der Waals surface area (Å²) in [6, 6.07) is -0.758. The average molecular weight is 156 g/mol. The van der Waals surface area contributed by atoms with Crippen molar-refractivity contribution in [2.75, 3.05) is 6.54 Å². The second-order valence-electron chi connectivity index (χ2n) is 2.39. The van der Waals surface area contributed by atoms with Gasteiger partial charge in [0.25, 0.3) is 0 Å². The normalized spacial score (nSPS) is 29.5. The van der Waals surface area contributed by atoms with Crippen LogP contribution in [0.25, 0.3) is 10.4 Å². The molecular weight excluding hydrogens is 148 g/mol. The predicted molar refractivity (Wildman–Crippen MR) is 37.0 cm³/mol. The number of aliphatic carboxylic acids is 1. The molecule has 0 saturated carbocycles. The Hall–Kier alpha value is -1.26. The van der Waals surface area contributed by atoms with Gasteiger partial charge in [-0.25, -0.2) is 0 Å². The molecule has 60 valence electrons. The Morgan fingerprint density at radius 3 is 3.00 bits per heavy atom. The van der Waals surface area contributed by atoms with Crippen LogP contribution in [0.15, 0.2) is 5.11 Å². The van der Waals surface area contributed by atoms with Crippen molar-refractivity contribution in [1.82, 2.24) is 5.32 Å². The number of carboxylic acids is 1. The first-order valence-corrected chi connectivity index (χ1v) is 3.24. The quantitative estimate of drug-likeness (QED) is 0.337. The van der Waals surface area contributed by atoms with Crippen LogP contribution in [0.5, 0.6) is 0 Å². The summed E-state index contributed by atoms with van der Waals surface area (Å²) >= 11 is 0. The van der Waals surface area contributed by atoms with Crippen molar-refractivity contribution in [2.24, 2.45) is 5.11 Å². The van der Waals surface area contributed by atoms with E-state index in [1.807, 2.05) is 0 Å². The maximum atomic E-state index is 10.4. The van der Waals surface area contributed by atoms with E-state index in [1.165, 1.54) is 0 Å². The molecule has 0 aliphatic carbocycles. The van der Waals surface area contributed by atoms with Crippen molar-refractivity contribution in [2.45, 2.75) is 18.5 Å². The monoisotopic (exact) mass is 156 g/mol. The van der Waals surface area contributed by atoms with Gasteiger partial charge in [-0.05, 0) is 12.0 Å². The van der Waals surface area contributed by atoms with Crippen LogP contribution in [0.3, 0.4) is 0 Å². The van der Waals surface area contributed by atoms with Crippen molar-refractivity contribution in [1.29, 1.82) is 0 Å². The Morgan fingerprint density at radius 2 is 2.55 bits per heavy atom. The summed E-state index contributed by atoms with van der Waals surface area (Å²) in [5.74, 6) is -0.888. The molecule has 0 aromatic carbocycles. The number of hydrogen-bond donors (Lipinski definition) is 2. The average Bonchev–Trinajstić information content (AvgIpc) is 2.37. The summed E-state index contributed by atoms with van der Waals surface area (Å²) in [7, 11) is 0. The van der Waals surface area contributed by atoms with E-state index < -0.39 is 12.0 Å². The van der Waals surface area contributed by atoms with Crippen molar-refractivity contribution >= 4 is 5.97 Å². The number of carboxylic acid groups (broad SMARTS) is 1. The topological polar surface area (TPSA) is 98.1 Å². The predicted octanol–water partition coefficient (Wildman–Crippen LogP) is 0.112. The van der Waals surface area contributed by atoms with Crippen LogP contribution in [0.1, 0.15) is 6.42 Å². The summed E-state index contributed by atoms with van der Waals surface area (Å²) in [5, 5.41) is 14.6. The molecule has 6 heteroatoms. The van der Waals surface area contributed by atoms with Crippen LogP contribution < -0.4 is 5.32 Å². The maximum absolute atomic E-state index is 10.4. The number of nitrogens with one attached hydrogen (secondary N) is 1. The fourth-order valence-corrected chi connectivity index (χ4v) is 1.07. The summed E-state index contributed by atoms with van der Waals surface area (Å²) in [4.78, 5) is 13.0. The van der Waals surface area contributed by atoms with Gasteiger partial charge < -0.3 is 10.4 Å². The van der Waals surface area contributed by atoms with E-state index in [4.69, 9.17) is 10.6 Å². The Labute approximate surface area is 62.8 Å². The lowest BCUT2D eigenvalue weighted by molar-refractivity contribution is -0.139. The standard InChI is InChI=1S/C5H8N4O2/c6-9-8-3-1-4(5(10)11)7-2-3/h3-4,7H,1-2H2,(H,10,11)/t3-,4+/m1/s1. The van der Waals surface area contributed by atoms with Gasteiger partial charge in [0.1, 0.15) is 6.04 Å². The van der Waals surface area contributed by atoms with Gasteiger partial charge in [-0.3, -0.25) is 4.79 Å². The fourth-order valence-electron chi connectivity index (χ4n) is 1.07. The van der Waals surface area contributed by atoms with Gasteiger partial charge in [-0.2, -0.15) is 0 Å².